The van der Waals surface area contributed by atoms with Crippen LogP contribution in [0.5, 0.6) is 0 Å². The third kappa shape index (κ3) is 15.6. The number of hydrogen-bond acceptors (Lipinski definition) is 4. The Bertz CT molecular complexity index is 488. The van der Waals surface area contributed by atoms with Crippen molar-refractivity contribution in [2.24, 2.45) is 11.8 Å². The molecule has 0 spiro atoms. The van der Waals surface area contributed by atoms with Crippen LogP contribution in [0.2, 0.25) is 0 Å². The maximum Gasteiger partial charge on any atom is 0.325 e. The summed E-state index contributed by atoms with van der Waals surface area (Å²) in [6.07, 6.45) is 12.3. The van der Waals surface area contributed by atoms with Crippen LogP contribution in [-0.4, -0.2) is 40.4 Å². The van der Waals surface area contributed by atoms with E-state index in [9.17, 15) is 18.0 Å². The largest absolute Gasteiger partial charge is 0.481 e. The Morgan fingerprint density at radius 2 is 1.52 bits per heavy atom. The van der Waals surface area contributed by atoms with Gasteiger partial charge in [0.15, 0.2) is 5.25 Å². The molecule has 27 heavy (non-hydrogen) atoms. The van der Waals surface area contributed by atoms with Crippen LogP contribution in [0, 0.1) is 18.3 Å². The number of aliphatic carboxylic acids is 2. The van der Waals surface area contributed by atoms with Crippen molar-refractivity contribution >= 4 is 22.1 Å². The first-order valence-electron chi connectivity index (χ1n) is 9.71. The van der Waals surface area contributed by atoms with Gasteiger partial charge in [-0.05, 0) is 24.7 Å². The molecule has 0 bridgehead atoms. The van der Waals surface area contributed by atoms with Gasteiger partial charge in [-0.15, -0.1) is 0 Å². The van der Waals surface area contributed by atoms with E-state index in [-0.39, 0.29) is 0 Å². The second kappa shape index (κ2) is 15.9. The van der Waals surface area contributed by atoms with Gasteiger partial charge in [-0.2, -0.15) is 8.42 Å². The van der Waals surface area contributed by atoms with Crippen LogP contribution in [0.3, 0.4) is 0 Å². The number of carbonyl (C=O) groups is 2. The molecule has 0 aliphatic rings. The first-order chi connectivity index (χ1) is 12.5. The summed E-state index contributed by atoms with van der Waals surface area (Å²) < 4.78 is 28.7. The van der Waals surface area contributed by atoms with E-state index in [1.54, 1.807) is 0 Å². The molecule has 0 saturated carbocycles. The van der Waals surface area contributed by atoms with E-state index in [2.05, 4.69) is 34.1 Å². The van der Waals surface area contributed by atoms with Crippen LogP contribution in [-0.2, 0) is 19.7 Å². The van der Waals surface area contributed by atoms with Crippen molar-refractivity contribution in [2.45, 2.75) is 90.7 Å². The fraction of sp³-hybridized carbons (Fsp3) is 0.842. The van der Waals surface area contributed by atoms with Crippen molar-refractivity contribution < 1.29 is 32.8 Å². The average Bonchev–Trinajstić information content (AvgIpc) is 2.58. The van der Waals surface area contributed by atoms with Crippen molar-refractivity contribution in [1.29, 1.82) is 0 Å². The minimum atomic E-state index is -4.84. The fourth-order valence-corrected chi connectivity index (χ4v) is 3.43. The van der Waals surface area contributed by atoms with Crippen LogP contribution >= 0.6 is 0 Å². The van der Waals surface area contributed by atoms with Crippen molar-refractivity contribution in [2.75, 3.05) is 0 Å². The highest BCUT2D eigenvalue weighted by Gasteiger charge is 2.33. The smallest absolute Gasteiger partial charge is 0.325 e. The predicted octanol–water partition coefficient (Wildman–Crippen LogP) is 4.43. The molecule has 0 fully saturated rings. The third-order valence-corrected chi connectivity index (χ3v) is 5.73. The first kappa shape index (κ1) is 28.1. The van der Waals surface area contributed by atoms with Gasteiger partial charge < -0.3 is 10.2 Å². The zero-order valence-corrected chi connectivity index (χ0v) is 17.9. The number of hydrogen-bond donors (Lipinski definition) is 3. The maximum absolute atomic E-state index is 10.2. The molecule has 0 aliphatic carbocycles. The van der Waals surface area contributed by atoms with Crippen LogP contribution in [0.15, 0.2) is 0 Å². The summed E-state index contributed by atoms with van der Waals surface area (Å²) in [6, 6.07) is 0. The van der Waals surface area contributed by atoms with Gasteiger partial charge in [-0.3, -0.25) is 14.1 Å². The van der Waals surface area contributed by atoms with E-state index < -0.39 is 33.7 Å². The van der Waals surface area contributed by atoms with E-state index in [0.717, 1.165) is 11.8 Å². The van der Waals surface area contributed by atoms with E-state index in [4.69, 9.17) is 14.8 Å². The van der Waals surface area contributed by atoms with E-state index in [1.807, 2.05) is 0 Å². The highest BCUT2D eigenvalue weighted by molar-refractivity contribution is 7.87. The van der Waals surface area contributed by atoms with Gasteiger partial charge in [0.05, 0.1) is 6.42 Å². The van der Waals surface area contributed by atoms with Crippen LogP contribution in [0.4, 0.5) is 0 Å². The molecule has 0 aliphatic heterocycles. The highest BCUT2D eigenvalue weighted by Crippen LogP contribution is 2.26. The van der Waals surface area contributed by atoms with Crippen molar-refractivity contribution in [1.82, 2.24) is 0 Å². The summed E-state index contributed by atoms with van der Waals surface area (Å²) in [7, 11) is -4.84. The maximum atomic E-state index is 10.2. The summed E-state index contributed by atoms with van der Waals surface area (Å²) in [5, 5.41) is 13.9. The minimum absolute atomic E-state index is 0.975. The summed E-state index contributed by atoms with van der Waals surface area (Å²) in [5.74, 6) is -1.53. The lowest BCUT2D eigenvalue weighted by molar-refractivity contribution is -0.143. The molecule has 0 amide bonds. The summed E-state index contributed by atoms with van der Waals surface area (Å²) >= 11 is 0. The molecule has 8 heteroatoms. The van der Waals surface area contributed by atoms with Gasteiger partial charge in [0.1, 0.15) is 0 Å². The lowest BCUT2D eigenvalue weighted by Crippen LogP contribution is -2.31. The zero-order chi connectivity index (χ0) is 21.5. The van der Waals surface area contributed by atoms with Crippen molar-refractivity contribution in [3.8, 4) is 0 Å². The Balaban J connectivity index is 0. The summed E-state index contributed by atoms with van der Waals surface area (Å²) in [5.41, 5.74) is 0. The normalized spacial score (nSPS) is 14.6. The second-order valence-electron chi connectivity index (χ2n) is 6.85. The number of carboxylic acid groups (broad SMARTS) is 2. The zero-order valence-electron chi connectivity index (χ0n) is 17.1. The highest BCUT2D eigenvalue weighted by atomic mass is 32.2. The lowest BCUT2D eigenvalue weighted by atomic mass is 9.85. The number of carboxylic acids is 2. The molecule has 0 heterocycles. The molecule has 161 valence electrons. The predicted molar refractivity (Wildman–Crippen MR) is 106 cm³/mol. The standard InChI is InChI=1S/C15H31.C4H6O7S/c1-5-9-11-14(7-3)13-15(8-4)12-10-6-2;5-3(6)1-2(4(7)8)12(9,10)11/h5,14-15H,6-13H2,1-4H3;2H,1H2,(H,5,6)(H,7,8)(H,9,10,11). The molecule has 7 nitrogen and oxygen atoms in total. The van der Waals surface area contributed by atoms with Gasteiger partial charge in [-0.25, -0.2) is 0 Å². The van der Waals surface area contributed by atoms with Gasteiger partial charge in [0, 0.05) is 0 Å². The Labute approximate surface area is 164 Å². The molecule has 1 radical (unpaired) electrons. The molecule has 0 aromatic rings. The molecule has 3 N–H and O–H groups in total. The number of unbranched alkanes of at least 4 members (excludes halogenated alkanes) is 2. The second-order valence-corrected chi connectivity index (χ2v) is 8.45. The molecule has 0 aromatic heterocycles. The molecule has 0 rings (SSSR count). The van der Waals surface area contributed by atoms with E-state index in [0.29, 0.717) is 0 Å². The van der Waals surface area contributed by atoms with Crippen molar-refractivity contribution in [3.63, 3.8) is 0 Å². The topological polar surface area (TPSA) is 129 Å². The van der Waals surface area contributed by atoms with Gasteiger partial charge >= 0.3 is 11.9 Å². The van der Waals surface area contributed by atoms with Crippen LogP contribution in [0.1, 0.15) is 85.5 Å². The quantitative estimate of drug-likeness (QED) is 0.362. The first-order valence-corrected chi connectivity index (χ1v) is 11.2. The lowest BCUT2D eigenvalue weighted by Gasteiger charge is -2.21. The Morgan fingerprint density at radius 3 is 1.81 bits per heavy atom. The average molecular weight is 410 g/mol. The summed E-state index contributed by atoms with van der Waals surface area (Å²) in [4.78, 5) is 20.0. The fourth-order valence-electron chi connectivity index (χ4n) is 2.82. The Kier molecular flexibility index (Phi) is 16.5. The molecule has 0 aromatic carbocycles. The number of rotatable bonds is 14. The molecule has 3 unspecified atom stereocenters. The van der Waals surface area contributed by atoms with E-state index in [1.165, 1.54) is 51.4 Å². The SMILES string of the molecule is C[CH]CCC(CC)CC(CC)CCCC.O=C(O)CC(C(=O)O)S(=O)(=O)O. The van der Waals surface area contributed by atoms with Crippen LogP contribution < -0.4 is 0 Å². The Hall–Kier alpha value is -1.15. The molecular weight excluding hydrogens is 372 g/mol. The van der Waals surface area contributed by atoms with Gasteiger partial charge in [-0.1, -0.05) is 72.6 Å². The third-order valence-electron chi connectivity index (χ3n) is 4.65. The van der Waals surface area contributed by atoms with Gasteiger partial charge in [0.2, 0.25) is 0 Å². The molecular formula is C19H37O7S. The Morgan fingerprint density at radius 1 is 1.00 bits per heavy atom. The van der Waals surface area contributed by atoms with Gasteiger partial charge in [0.25, 0.3) is 10.1 Å². The van der Waals surface area contributed by atoms with Crippen LogP contribution in [0.25, 0.3) is 0 Å². The molecule has 0 saturated heterocycles. The summed E-state index contributed by atoms with van der Waals surface area (Å²) in [6.45, 7) is 9.20. The van der Waals surface area contributed by atoms with E-state index >= 15 is 0 Å². The monoisotopic (exact) mass is 409 g/mol. The molecule has 3 atom stereocenters. The van der Waals surface area contributed by atoms with Crippen molar-refractivity contribution in [3.05, 3.63) is 6.42 Å². The minimum Gasteiger partial charge on any atom is -0.481 e.